The van der Waals surface area contributed by atoms with Crippen LogP contribution in [0.15, 0.2) is 53.7 Å². The summed E-state index contributed by atoms with van der Waals surface area (Å²) in [5.74, 6) is -0.976. The summed E-state index contributed by atoms with van der Waals surface area (Å²) in [5.41, 5.74) is 2.89. The number of nitrogens with one attached hydrogen (secondary N) is 3. The Balaban J connectivity index is 1.78. The monoisotopic (exact) mass is 490 g/mol. The number of thiocarbonyl (C=S) groups is 1. The lowest BCUT2D eigenvalue weighted by molar-refractivity contribution is -0.139. The Morgan fingerprint density at radius 1 is 1.15 bits per heavy atom. The second-order valence-electron chi connectivity index (χ2n) is 7.18. The molecule has 0 bridgehead atoms. The van der Waals surface area contributed by atoms with Gasteiger partial charge in [0.1, 0.15) is 5.82 Å². The van der Waals surface area contributed by atoms with Crippen molar-refractivity contribution in [3.8, 4) is 0 Å². The molecule has 1 atom stereocenters. The summed E-state index contributed by atoms with van der Waals surface area (Å²) in [4.78, 5) is 26.8. The van der Waals surface area contributed by atoms with Crippen LogP contribution in [0.25, 0.3) is 0 Å². The van der Waals surface area contributed by atoms with Gasteiger partial charge in [0, 0.05) is 23.6 Å². The van der Waals surface area contributed by atoms with Crippen molar-refractivity contribution >= 4 is 52.3 Å². The Morgan fingerprint density at radius 3 is 2.39 bits per heavy atom. The predicted octanol–water partition coefficient (Wildman–Crippen LogP) is 5.21. The number of rotatable bonds is 6. The van der Waals surface area contributed by atoms with Crippen molar-refractivity contribution in [1.82, 2.24) is 10.2 Å². The van der Waals surface area contributed by atoms with Crippen molar-refractivity contribution in [3.63, 3.8) is 0 Å². The van der Waals surface area contributed by atoms with Crippen molar-refractivity contribution < 1.29 is 18.7 Å². The van der Waals surface area contributed by atoms with E-state index in [1.165, 1.54) is 18.2 Å². The second-order valence-corrected chi connectivity index (χ2v) is 7.97. The molecule has 3 N–H and O–H groups in total. The topological polar surface area (TPSA) is 82.7 Å². The molecule has 3 rings (SSSR count). The van der Waals surface area contributed by atoms with Gasteiger partial charge in [0.05, 0.1) is 23.2 Å². The van der Waals surface area contributed by atoms with E-state index in [1.807, 2.05) is 18.7 Å². The molecular formula is C23H24ClFN4O3S. The van der Waals surface area contributed by atoms with Gasteiger partial charge < -0.3 is 25.6 Å². The molecule has 7 nitrogen and oxygen atoms in total. The maximum absolute atomic E-state index is 13.3. The first-order valence-corrected chi connectivity index (χ1v) is 11.1. The molecule has 0 aromatic heterocycles. The van der Waals surface area contributed by atoms with Gasteiger partial charge >= 0.3 is 12.0 Å². The van der Waals surface area contributed by atoms with Gasteiger partial charge in [0.15, 0.2) is 5.11 Å². The lowest BCUT2D eigenvalue weighted by Crippen LogP contribution is -2.47. The quantitative estimate of drug-likeness (QED) is 0.381. The van der Waals surface area contributed by atoms with Crippen molar-refractivity contribution in [1.29, 1.82) is 0 Å². The molecule has 2 aromatic rings. The smallest absolute Gasteiger partial charge is 0.338 e. The van der Waals surface area contributed by atoms with Crippen LogP contribution in [0.2, 0.25) is 5.02 Å². The zero-order valence-corrected chi connectivity index (χ0v) is 19.9. The minimum atomic E-state index is -0.567. The van der Waals surface area contributed by atoms with Crippen LogP contribution in [0.1, 0.15) is 32.4 Å². The van der Waals surface area contributed by atoms with Crippen molar-refractivity contribution in [3.05, 3.63) is 70.1 Å². The van der Waals surface area contributed by atoms with Crippen molar-refractivity contribution in [2.75, 3.05) is 23.8 Å². The number of hydrogen-bond acceptors (Lipinski definition) is 4. The van der Waals surface area contributed by atoms with Gasteiger partial charge in [0.25, 0.3) is 0 Å². The molecule has 174 valence electrons. The molecule has 10 heteroatoms. The first kappa shape index (κ1) is 24.5. The normalized spacial score (nSPS) is 15.7. The average molecular weight is 491 g/mol. The van der Waals surface area contributed by atoms with Crippen LogP contribution >= 0.6 is 23.8 Å². The lowest BCUT2D eigenvalue weighted by Gasteiger charge is -2.37. The van der Waals surface area contributed by atoms with Crippen LogP contribution in [0, 0.1) is 5.82 Å². The predicted molar refractivity (Wildman–Crippen MR) is 131 cm³/mol. The summed E-state index contributed by atoms with van der Waals surface area (Å²) in [6.07, 6.45) is 0. The van der Waals surface area contributed by atoms with E-state index in [2.05, 4.69) is 16.0 Å². The fourth-order valence-corrected chi connectivity index (χ4v) is 4.08. The van der Waals surface area contributed by atoms with Crippen LogP contribution in [0.4, 0.5) is 20.6 Å². The fourth-order valence-electron chi connectivity index (χ4n) is 3.51. The van der Waals surface area contributed by atoms with Crippen LogP contribution in [0.3, 0.4) is 0 Å². The van der Waals surface area contributed by atoms with Crippen molar-refractivity contribution in [2.24, 2.45) is 0 Å². The highest BCUT2D eigenvalue weighted by Crippen LogP contribution is 2.32. The Morgan fingerprint density at radius 2 is 1.79 bits per heavy atom. The molecule has 33 heavy (non-hydrogen) atoms. The average Bonchev–Trinajstić information content (AvgIpc) is 2.77. The lowest BCUT2D eigenvalue weighted by atomic mass is 9.95. The molecule has 1 aliphatic rings. The number of anilines is 2. The molecule has 2 amide bonds. The Labute approximate surface area is 201 Å². The third-order valence-corrected chi connectivity index (χ3v) is 5.72. The summed E-state index contributed by atoms with van der Waals surface area (Å²) in [5, 5.41) is 8.94. The van der Waals surface area contributed by atoms with Crippen LogP contribution in [-0.4, -0.2) is 35.2 Å². The SMILES string of the molecule is CCOC(=O)C1=C(C)N(CC)C(=S)NC1c1ccc(NC(=O)Nc2ccc(F)c(Cl)c2)cc1. The number of allylic oxidation sites excluding steroid dienone is 1. The number of ether oxygens (including phenoxy) is 1. The number of urea groups is 1. The molecule has 1 heterocycles. The highest BCUT2D eigenvalue weighted by atomic mass is 35.5. The minimum absolute atomic E-state index is 0.0857. The second kappa shape index (κ2) is 10.6. The van der Waals surface area contributed by atoms with E-state index in [0.29, 0.717) is 28.6 Å². The number of carbonyl (C=O) groups excluding carboxylic acids is 2. The molecule has 0 fully saturated rings. The van der Waals surface area contributed by atoms with E-state index in [1.54, 1.807) is 31.2 Å². The molecule has 0 radical (unpaired) electrons. The largest absolute Gasteiger partial charge is 0.463 e. The van der Waals surface area contributed by atoms with Gasteiger partial charge in [-0.25, -0.2) is 14.0 Å². The number of halogens is 2. The van der Waals surface area contributed by atoms with Gasteiger partial charge in [0.2, 0.25) is 0 Å². The number of benzene rings is 2. The zero-order chi connectivity index (χ0) is 24.1. The maximum Gasteiger partial charge on any atom is 0.338 e. The molecule has 1 unspecified atom stereocenters. The minimum Gasteiger partial charge on any atom is -0.463 e. The van der Waals surface area contributed by atoms with Crippen molar-refractivity contribution in [2.45, 2.75) is 26.8 Å². The summed E-state index contributed by atoms with van der Waals surface area (Å²) in [6, 6.07) is 9.91. The van der Waals surface area contributed by atoms with Gasteiger partial charge in [-0.3, -0.25) is 0 Å². The van der Waals surface area contributed by atoms with Gasteiger partial charge in [-0.15, -0.1) is 0 Å². The number of esters is 1. The molecule has 0 aliphatic carbocycles. The van der Waals surface area contributed by atoms with E-state index in [4.69, 9.17) is 28.6 Å². The van der Waals surface area contributed by atoms with E-state index in [9.17, 15) is 14.0 Å². The van der Waals surface area contributed by atoms with E-state index < -0.39 is 23.9 Å². The first-order valence-electron chi connectivity index (χ1n) is 10.3. The molecule has 2 aromatic carbocycles. The Kier molecular flexibility index (Phi) is 7.88. The Hall–Kier alpha value is -3.17. The molecule has 0 saturated heterocycles. The Bertz CT molecular complexity index is 1110. The third kappa shape index (κ3) is 5.61. The molecule has 0 spiro atoms. The summed E-state index contributed by atoms with van der Waals surface area (Å²) >= 11 is 11.2. The number of amides is 2. The number of hydrogen-bond donors (Lipinski definition) is 3. The van der Waals surface area contributed by atoms with Gasteiger partial charge in [-0.1, -0.05) is 23.7 Å². The molecule has 1 aliphatic heterocycles. The van der Waals surface area contributed by atoms with Crippen LogP contribution < -0.4 is 16.0 Å². The fraction of sp³-hybridized carbons (Fsp3) is 0.261. The van der Waals surface area contributed by atoms with Crippen LogP contribution in [0.5, 0.6) is 0 Å². The number of carbonyl (C=O) groups is 2. The van der Waals surface area contributed by atoms with E-state index in [0.717, 1.165) is 11.3 Å². The standard InChI is InChI=1S/C23H24ClFN4O3S/c1-4-29-13(3)19(21(30)32-5-2)20(28-23(29)33)14-6-8-15(9-7-14)26-22(31)27-16-10-11-18(25)17(24)12-16/h6-12,20H,4-5H2,1-3H3,(H,28,33)(H2,26,27,31). The van der Waals surface area contributed by atoms with Crippen LogP contribution in [-0.2, 0) is 9.53 Å². The van der Waals surface area contributed by atoms with E-state index >= 15 is 0 Å². The third-order valence-electron chi connectivity index (χ3n) is 5.09. The highest BCUT2D eigenvalue weighted by molar-refractivity contribution is 7.80. The summed E-state index contributed by atoms with van der Waals surface area (Å²) < 4.78 is 18.6. The van der Waals surface area contributed by atoms with Gasteiger partial charge in [-0.2, -0.15) is 0 Å². The summed E-state index contributed by atoms with van der Waals surface area (Å²) in [7, 11) is 0. The number of nitrogens with zero attached hydrogens (tertiary/aromatic N) is 1. The summed E-state index contributed by atoms with van der Waals surface area (Å²) in [6.45, 7) is 6.43. The molecular weight excluding hydrogens is 467 g/mol. The van der Waals surface area contributed by atoms with Gasteiger partial charge in [-0.05, 0) is 68.9 Å². The first-order chi connectivity index (χ1) is 15.7. The maximum atomic E-state index is 13.3. The highest BCUT2D eigenvalue weighted by Gasteiger charge is 2.34. The molecule has 0 saturated carbocycles. The van der Waals surface area contributed by atoms with E-state index in [-0.39, 0.29) is 11.6 Å². The zero-order valence-electron chi connectivity index (χ0n) is 18.4.